The molecule has 0 aliphatic carbocycles. The number of hydrogen-bond acceptors (Lipinski definition) is 4. The number of anilines is 3. The lowest BCUT2D eigenvalue weighted by atomic mass is 10.1. The molecule has 8 heteroatoms. The Kier molecular flexibility index (Phi) is 5.20. The highest BCUT2D eigenvalue weighted by molar-refractivity contribution is 6.55. The third-order valence-corrected chi connectivity index (χ3v) is 4.59. The van der Waals surface area contributed by atoms with E-state index in [9.17, 15) is 9.59 Å². The SMILES string of the molecule is O=C(Nc1cc(Cl)cc(Cl)c1)O/N=C1/C(=O)N(c2ccccc2)c2ccccc21. The van der Waals surface area contributed by atoms with Crippen molar-refractivity contribution in [2.45, 2.75) is 0 Å². The maximum Gasteiger partial charge on any atom is 0.437 e. The molecule has 0 aromatic heterocycles. The van der Waals surface area contributed by atoms with Crippen LogP contribution in [0.2, 0.25) is 10.0 Å². The molecule has 0 atom stereocenters. The molecule has 0 spiro atoms. The van der Waals surface area contributed by atoms with E-state index in [1.807, 2.05) is 36.4 Å². The van der Waals surface area contributed by atoms with Crippen LogP contribution in [-0.2, 0) is 9.63 Å². The molecule has 4 rings (SSSR count). The van der Waals surface area contributed by atoms with Crippen LogP contribution in [0.5, 0.6) is 0 Å². The smallest absolute Gasteiger partial charge is 0.297 e. The van der Waals surface area contributed by atoms with Crippen LogP contribution in [0.4, 0.5) is 21.9 Å². The molecule has 0 saturated carbocycles. The number of hydrogen-bond donors (Lipinski definition) is 1. The molecule has 1 N–H and O–H groups in total. The van der Waals surface area contributed by atoms with Crippen molar-refractivity contribution in [1.29, 1.82) is 0 Å². The number of nitrogens with zero attached hydrogens (tertiary/aromatic N) is 2. The summed E-state index contributed by atoms with van der Waals surface area (Å²) in [5.41, 5.74) is 2.29. The molecular weight excluding hydrogens is 413 g/mol. The molecule has 0 fully saturated rings. The van der Waals surface area contributed by atoms with Crippen molar-refractivity contribution < 1.29 is 14.4 Å². The Balaban J connectivity index is 1.58. The predicted octanol–water partition coefficient (Wildman–Crippen LogP) is 5.62. The summed E-state index contributed by atoms with van der Waals surface area (Å²) in [5.74, 6) is -0.393. The van der Waals surface area contributed by atoms with Crippen LogP contribution in [0.25, 0.3) is 0 Å². The number of amides is 2. The Hall–Kier alpha value is -3.35. The minimum Gasteiger partial charge on any atom is -0.297 e. The van der Waals surface area contributed by atoms with Gasteiger partial charge >= 0.3 is 6.09 Å². The lowest BCUT2D eigenvalue weighted by Gasteiger charge is -2.16. The molecular formula is C21H13Cl2N3O3. The molecule has 0 bridgehead atoms. The first kappa shape index (κ1) is 19.0. The quantitative estimate of drug-likeness (QED) is 0.436. The van der Waals surface area contributed by atoms with Gasteiger partial charge in [0.2, 0.25) is 0 Å². The summed E-state index contributed by atoms with van der Waals surface area (Å²) in [6, 6.07) is 20.9. The normalized spacial score (nSPS) is 14.1. The molecule has 1 aliphatic heterocycles. The van der Waals surface area contributed by atoms with Crippen molar-refractivity contribution >= 4 is 58.0 Å². The van der Waals surface area contributed by atoms with Crippen LogP contribution < -0.4 is 10.2 Å². The average Bonchev–Trinajstić information content (AvgIpc) is 2.97. The Morgan fingerprint density at radius 1 is 0.931 bits per heavy atom. The van der Waals surface area contributed by atoms with Gasteiger partial charge in [-0.05, 0) is 36.4 Å². The Morgan fingerprint density at radius 2 is 1.59 bits per heavy atom. The van der Waals surface area contributed by atoms with Crippen molar-refractivity contribution in [1.82, 2.24) is 0 Å². The number of carbonyl (C=O) groups is 2. The first-order chi connectivity index (χ1) is 14.0. The van der Waals surface area contributed by atoms with Crippen LogP contribution >= 0.6 is 23.2 Å². The third kappa shape index (κ3) is 3.94. The van der Waals surface area contributed by atoms with Gasteiger partial charge in [-0.25, -0.2) is 4.79 Å². The third-order valence-electron chi connectivity index (χ3n) is 4.15. The molecule has 0 radical (unpaired) electrons. The van der Waals surface area contributed by atoms with Crippen molar-refractivity contribution in [3.8, 4) is 0 Å². The summed E-state index contributed by atoms with van der Waals surface area (Å²) in [6.45, 7) is 0. The van der Waals surface area contributed by atoms with Gasteiger partial charge in [-0.1, -0.05) is 64.8 Å². The Morgan fingerprint density at radius 3 is 2.31 bits per heavy atom. The first-order valence-electron chi connectivity index (χ1n) is 8.54. The molecule has 3 aromatic carbocycles. The second-order valence-electron chi connectivity index (χ2n) is 6.10. The number of rotatable bonds is 3. The average molecular weight is 426 g/mol. The molecule has 144 valence electrons. The maximum atomic E-state index is 13.0. The van der Waals surface area contributed by atoms with E-state index in [-0.39, 0.29) is 5.71 Å². The van der Waals surface area contributed by atoms with E-state index >= 15 is 0 Å². The summed E-state index contributed by atoms with van der Waals surface area (Å²) in [7, 11) is 0. The molecule has 1 heterocycles. The van der Waals surface area contributed by atoms with Gasteiger partial charge in [0.25, 0.3) is 5.91 Å². The standard InChI is InChI=1S/C21H13Cl2N3O3/c22-13-10-14(23)12-15(11-13)24-21(28)29-25-19-17-8-4-5-9-18(17)26(20(19)27)16-6-2-1-3-7-16/h1-12H,(H,24,28)/b25-19+. The number of para-hydroxylation sites is 2. The lowest BCUT2D eigenvalue weighted by Crippen LogP contribution is -2.26. The molecule has 29 heavy (non-hydrogen) atoms. The van der Waals surface area contributed by atoms with Crippen LogP contribution in [0.1, 0.15) is 5.56 Å². The summed E-state index contributed by atoms with van der Waals surface area (Å²) in [6.07, 6.45) is -0.876. The first-order valence-corrected chi connectivity index (χ1v) is 9.29. The number of nitrogens with one attached hydrogen (secondary N) is 1. The van der Waals surface area contributed by atoms with E-state index in [0.717, 1.165) is 0 Å². The van der Waals surface area contributed by atoms with Crippen molar-refractivity contribution in [3.05, 3.63) is 88.4 Å². The van der Waals surface area contributed by atoms with E-state index in [2.05, 4.69) is 10.5 Å². The van der Waals surface area contributed by atoms with E-state index in [0.29, 0.717) is 32.7 Å². The highest BCUT2D eigenvalue weighted by atomic mass is 35.5. The number of oxime groups is 1. The number of benzene rings is 3. The topological polar surface area (TPSA) is 71.0 Å². The van der Waals surface area contributed by atoms with Gasteiger partial charge in [0.05, 0.1) is 5.69 Å². The van der Waals surface area contributed by atoms with E-state index in [1.54, 1.807) is 18.2 Å². The van der Waals surface area contributed by atoms with Crippen LogP contribution in [0.15, 0.2) is 78.0 Å². The maximum absolute atomic E-state index is 13.0. The lowest BCUT2D eigenvalue weighted by molar-refractivity contribution is -0.111. The minimum atomic E-state index is -0.876. The van der Waals surface area contributed by atoms with Crippen molar-refractivity contribution in [2.75, 3.05) is 10.2 Å². The van der Waals surface area contributed by atoms with E-state index in [1.165, 1.54) is 23.1 Å². The number of fused-ring (bicyclic) bond motifs is 1. The zero-order valence-electron chi connectivity index (χ0n) is 14.8. The van der Waals surface area contributed by atoms with Gasteiger partial charge < -0.3 is 0 Å². The monoisotopic (exact) mass is 425 g/mol. The van der Waals surface area contributed by atoms with E-state index < -0.39 is 12.0 Å². The van der Waals surface area contributed by atoms with E-state index in [4.69, 9.17) is 28.0 Å². The molecule has 3 aromatic rings. The van der Waals surface area contributed by atoms with Gasteiger partial charge in [0.1, 0.15) is 0 Å². The van der Waals surface area contributed by atoms with Crippen molar-refractivity contribution in [3.63, 3.8) is 0 Å². The summed E-state index contributed by atoms with van der Waals surface area (Å²) >= 11 is 11.8. The van der Waals surface area contributed by atoms with Gasteiger partial charge in [-0.3, -0.25) is 19.8 Å². The van der Waals surface area contributed by atoms with Gasteiger partial charge in [0.15, 0.2) is 5.71 Å². The molecule has 0 saturated heterocycles. The Labute approximate surface area is 176 Å². The van der Waals surface area contributed by atoms with Gasteiger partial charge in [-0.2, -0.15) is 0 Å². The Bertz CT molecular complexity index is 1110. The summed E-state index contributed by atoms with van der Waals surface area (Å²) in [4.78, 5) is 31.5. The zero-order chi connectivity index (χ0) is 20.4. The fraction of sp³-hybridized carbons (Fsp3) is 0. The minimum absolute atomic E-state index is 0.0312. The molecule has 2 amide bonds. The molecule has 6 nitrogen and oxygen atoms in total. The fourth-order valence-corrected chi connectivity index (χ4v) is 3.50. The fourth-order valence-electron chi connectivity index (χ4n) is 2.97. The van der Waals surface area contributed by atoms with Crippen molar-refractivity contribution in [2.24, 2.45) is 5.16 Å². The number of halogens is 2. The molecule has 1 aliphatic rings. The second kappa shape index (κ2) is 7.95. The van der Waals surface area contributed by atoms with Gasteiger partial charge in [0, 0.05) is 27.0 Å². The summed E-state index contributed by atoms with van der Waals surface area (Å²) in [5, 5.41) is 6.99. The second-order valence-corrected chi connectivity index (χ2v) is 6.97. The van der Waals surface area contributed by atoms with Crippen LogP contribution in [0, 0.1) is 0 Å². The zero-order valence-corrected chi connectivity index (χ0v) is 16.3. The summed E-state index contributed by atoms with van der Waals surface area (Å²) < 4.78 is 0. The largest absolute Gasteiger partial charge is 0.437 e. The van der Waals surface area contributed by atoms with Crippen LogP contribution in [0.3, 0.4) is 0 Å². The van der Waals surface area contributed by atoms with Crippen LogP contribution in [-0.4, -0.2) is 17.7 Å². The highest BCUT2D eigenvalue weighted by Crippen LogP contribution is 2.35. The van der Waals surface area contributed by atoms with Gasteiger partial charge in [-0.15, -0.1) is 0 Å². The predicted molar refractivity (Wildman–Crippen MR) is 113 cm³/mol. The molecule has 0 unspecified atom stereocenters. The number of carbonyl (C=O) groups excluding carboxylic acids is 2. The highest BCUT2D eigenvalue weighted by Gasteiger charge is 2.35.